The first-order chi connectivity index (χ1) is 13.2. The maximum absolute atomic E-state index is 12.8. The fourth-order valence-electron chi connectivity index (χ4n) is 2.82. The molecule has 10 heteroatoms. The van der Waals surface area contributed by atoms with Crippen LogP contribution in [-0.4, -0.2) is 39.8 Å². The smallest absolute Gasteiger partial charge is 0.271 e. The normalized spacial score (nSPS) is 11.2. The van der Waals surface area contributed by atoms with Crippen LogP contribution in [0.1, 0.15) is 26.6 Å². The molecule has 0 aliphatic carbocycles. The number of aromatic nitrogens is 2. The molecule has 28 heavy (non-hydrogen) atoms. The molecule has 0 aliphatic heterocycles. The number of aryl methyl sites for hydroxylation is 2. The van der Waals surface area contributed by atoms with Gasteiger partial charge in [-0.3, -0.25) is 19.7 Å². The van der Waals surface area contributed by atoms with Crippen LogP contribution in [0.2, 0.25) is 0 Å². The van der Waals surface area contributed by atoms with E-state index in [1.54, 1.807) is 19.9 Å². The first kappa shape index (κ1) is 19.6. The lowest BCUT2D eigenvalue weighted by Crippen LogP contribution is -2.18. The average Bonchev–Trinajstić information content (AvgIpc) is 2.93. The second kappa shape index (κ2) is 7.49. The highest BCUT2D eigenvalue weighted by Gasteiger charge is 2.20. The molecular weight excluding hydrogens is 382 g/mol. The number of nitrogens with zero attached hydrogens (tertiary/aromatic N) is 3. The molecule has 2 heterocycles. The van der Waals surface area contributed by atoms with Crippen LogP contribution in [0, 0.1) is 24.0 Å². The number of carbonyl (C=O) groups is 1. The molecule has 2 N–H and O–H groups in total. The van der Waals surface area contributed by atoms with Crippen molar-refractivity contribution in [1.82, 2.24) is 14.9 Å². The molecule has 1 amide bonds. The number of rotatable bonds is 5. The molecule has 9 nitrogen and oxygen atoms in total. The number of nitro benzene ring substituents is 1. The molecule has 0 aliphatic rings. The van der Waals surface area contributed by atoms with Gasteiger partial charge in [-0.25, -0.2) is 4.98 Å². The van der Waals surface area contributed by atoms with E-state index >= 15 is 0 Å². The van der Waals surface area contributed by atoms with E-state index in [1.165, 1.54) is 12.1 Å². The Labute approximate surface area is 164 Å². The minimum atomic E-state index is -0.518. The van der Waals surface area contributed by atoms with Gasteiger partial charge in [-0.15, -0.1) is 11.3 Å². The molecule has 0 spiro atoms. The zero-order valence-corrected chi connectivity index (χ0v) is 16.6. The van der Waals surface area contributed by atoms with E-state index < -0.39 is 10.8 Å². The van der Waals surface area contributed by atoms with Crippen LogP contribution in [0.15, 0.2) is 23.0 Å². The molecule has 0 bridgehead atoms. The van der Waals surface area contributed by atoms with Gasteiger partial charge in [-0.2, -0.15) is 0 Å². The van der Waals surface area contributed by atoms with Crippen molar-refractivity contribution in [1.29, 1.82) is 0 Å². The number of hydrogen-bond acceptors (Lipinski definition) is 7. The maximum atomic E-state index is 12.8. The molecule has 0 unspecified atom stereocenters. The number of hydrogen-bond donors (Lipinski definition) is 2. The SMILES string of the molecule is Cc1ccc([N+](=O)[O-])cc1NC(=O)c1sc2nc(CN(C)C)[nH]c(=O)c2c1C. The van der Waals surface area contributed by atoms with E-state index in [0.29, 0.717) is 44.3 Å². The zero-order chi connectivity index (χ0) is 20.6. The van der Waals surface area contributed by atoms with E-state index in [1.807, 2.05) is 19.0 Å². The number of nitro groups is 1. The number of fused-ring (bicyclic) bond motifs is 1. The summed E-state index contributed by atoms with van der Waals surface area (Å²) < 4.78 is 0. The average molecular weight is 401 g/mol. The first-order valence-corrected chi connectivity index (χ1v) is 9.22. The van der Waals surface area contributed by atoms with Gasteiger partial charge in [0.15, 0.2) is 0 Å². The Morgan fingerprint density at radius 3 is 2.71 bits per heavy atom. The lowest BCUT2D eigenvalue weighted by Gasteiger charge is -2.08. The Kier molecular flexibility index (Phi) is 5.25. The predicted molar refractivity (Wildman–Crippen MR) is 108 cm³/mol. The van der Waals surface area contributed by atoms with Crippen LogP contribution < -0.4 is 10.9 Å². The van der Waals surface area contributed by atoms with Crippen molar-refractivity contribution >= 4 is 38.8 Å². The van der Waals surface area contributed by atoms with Crippen LogP contribution in [0.5, 0.6) is 0 Å². The van der Waals surface area contributed by atoms with Gasteiger partial charge >= 0.3 is 0 Å². The predicted octanol–water partition coefficient (Wildman–Crippen LogP) is 2.82. The van der Waals surface area contributed by atoms with Crippen molar-refractivity contribution in [2.24, 2.45) is 0 Å². The number of H-pyrrole nitrogens is 1. The van der Waals surface area contributed by atoms with Gasteiger partial charge < -0.3 is 15.2 Å². The summed E-state index contributed by atoms with van der Waals surface area (Å²) in [6, 6.07) is 4.27. The summed E-state index contributed by atoms with van der Waals surface area (Å²) in [4.78, 5) is 45.6. The summed E-state index contributed by atoms with van der Waals surface area (Å²) in [5.74, 6) is 0.0860. The summed E-state index contributed by atoms with van der Waals surface area (Å²) >= 11 is 1.13. The summed E-state index contributed by atoms with van der Waals surface area (Å²) in [6.07, 6.45) is 0. The molecule has 0 radical (unpaired) electrons. The van der Waals surface area contributed by atoms with E-state index in [4.69, 9.17) is 0 Å². The van der Waals surface area contributed by atoms with Gasteiger partial charge in [0.1, 0.15) is 10.7 Å². The minimum Gasteiger partial charge on any atom is -0.321 e. The van der Waals surface area contributed by atoms with Crippen molar-refractivity contribution in [3.63, 3.8) is 0 Å². The van der Waals surface area contributed by atoms with Gasteiger partial charge in [0.25, 0.3) is 17.2 Å². The van der Waals surface area contributed by atoms with Gasteiger partial charge in [0.05, 0.1) is 27.4 Å². The van der Waals surface area contributed by atoms with Crippen molar-refractivity contribution < 1.29 is 9.72 Å². The topological polar surface area (TPSA) is 121 Å². The van der Waals surface area contributed by atoms with Crippen LogP contribution in [0.4, 0.5) is 11.4 Å². The molecule has 2 aromatic heterocycles. The van der Waals surface area contributed by atoms with Crippen molar-refractivity contribution in [2.75, 3.05) is 19.4 Å². The fraction of sp³-hybridized carbons (Fsp3) is 0.278. The third-order valence-electron chi connectivity index (χ3n) is 4.20. The van der Waals surface area contributed by atoms with Crippen molar-refractivity contribution in [3.05, 3.63) is 60.5 Å². The lowest BCUT2D eigenvalue weighted by molar-refractivity contribution is -0.384. The Bertz CT molecular complexity index is 1150. The second-order valence-electron chi connectivity index (χ2n) is 6.70. The zero-order valence-electron chi connectivity index (χ0n) is 15.8. The number of aromatic amines is 1. The number of non-ortho nitro benzene ring substituents is 1. The molecule has 1 aromatic carbocycles. The molecule has 0 saturated heterocycles. The number of anilines is 1. The molecule has 3 aromatic rings. The van der Waals surface area contributed by atoms with E-state index in [-0.39, 0.29) is 11.2 Å². The van der Waals surface area contributed by atoms with Crippen LogP contribution in [-0.2, 0) is 6.54 Å². The van der Waals surface area contributed by atoms with E-state index in [0.717, 1.165) is 11.3 Å². The molecular formula is C18H19N5O4S. The number of benzene rings is 1. The summed E-state index contributed by atoms with van der Waals surface area (Å²) in [5.41, 5.74) is 1.18. The van der Waals surface area contributed by atoms with Gasteiger partial charge in [0.2, 0.25) is 0 Å². The first-order valence-electron chi connectivity index (χ1n) is 8.40. The van der Waals surface area contributed by atoms with Gasteiger partial charge in [0, 0.05) is 12.1 Å². The van der Waals surface area contributed by atoms with E-state index in [2.05, 4.69) is 15.3 Å². The Morgan fingerprint density at radius 1 is 1.36 bits per heavy atom. The molecule has 3 rings (SSSR count). The minimum absolute atomic E-state index is 0.111. The van der Waals surface area contributed by atoms with Crippen LogP contribution in [0.25, 0.3) is 10.2 Å². The Morgan fingerprint density at radius 2 is 2.07 bits per heavy atom. The quantitative estimate of drug-likeness (QED) is 0.501. The molecule has 0 fully saturated rings. The van der Waals surface area contributed by atoms with Crippen molar-refractivity contribution in [2.45, 2.75) is 20.4 Å². The number of nitrogens with one attached hydrogen (secondary N) is 2. The second-order valence-corrected chi connectivity index (χ2v) is 7.70. The number of thiophene rings is 1. The highest BCUT2D eigenvalue weighted by molar-refractivity contribution is 7.20. The van der Waals surface area contributed by atoms with Crippen LogP contribution >= 0.6 is 11.3 Å². The third kappa shape index (κ3) is 3.78. The maximum Gasteiger partial charge on any atom is 0.271 e. The largest absolute Gasteiger partial charge is 0.321 e. The summed E-state index contributed by atoms with van der Waals surface area (Å²) in [6.45, 7) is 3.91. The van der Waals surface area contributed by atoms with Gasteiger partial charge in [-0.1, -0.05) is 6.07 Å². The highest BCUT2D eigenvalue weighted by Crippen LogP contribution is 2.29. The van der Waals surface area contributed by atoms with E-state index in [9.17, 15) is 19.7 Å². The number of carbonyl (C=O) groups excluding carboxylic acids is 1. The molecule has 0 atom stereocenters. The van der Waals surface area contributed by atoms with Crippen LogP contribution in [0.3, 0.4) is 0 Å². The standard InChI is InChI=1S/C18H19N5O4S/c1-9-5-6-11(23(26)27)7-12(9)19-17(25)15-10(2)14-16(24)20-13(8-22(3)4)21-18(14)28-15/h5-7H,8H2,1-4H3,(H,19,25)(H,20,21,24). The highest BCUT2D eigenvalue weighted by atomic mass is 32.1. The summed E-state index contributed by atoms with van der Waals surface area (Å²) in [5, 5.41) is 14.1. The van der Waals surface area contributed by atoms with Gasteiger partial charge in [-0.05, 0) is 39.1 Å². The summed E-state index contributed by atoms with van der Waals surface area (Å²) in [7, 11) is 3.73. The molecule has 0 saturated carbocycles. The Hall–Kier alpha value is -3.11. The third-order valence-corrected chi connectivity index (χ3v) is 5.39. The monoisotopic (exact) mass is 401 g/mol. The lowest BCUT2D eigenvalue weighted by atomic mass is 10.1. The Balaban J connectivity index is 2.00. The molecule has 146 valence electrons. The fourth-order valence-corrected chi connectivity index (χ4v) is 3.91. The number of amides is 1. The van der Waals surface area contributed by atoms with Crippen molar-refractivity contribution in [3.8, 4) is 0 Å².